The Bertz CT molecular complexity index is 188. The van der Waals surface area contributed by atoms with Crippen molar-refractivity contribution in [2.24, 2.45) is 5.92 Å². The lowest BCUT2D eigenvalue weighted by Gasteiger charge is -2.06. The van der Waals surface area contributed by atoms with Crippen LogP contribution < -0.4 is 5.32 Å². The second-order valence-corrected chi connectivity index (χ2v) is 2.90. The first kappa shape index (κ1) is 8.20. The lowest BCUT2D eigenvalue weighted by atomic mass is 10.0. The number of imide groups is 1. The van der Waals surface area contributed by atoms with Crippen LogP contribution in [0.3, 0.4) is 0 Å². The molecule has 2 unspecified atom stereocenters. The highest BCUT2D eigenvalue weighted by molar-refractivity contribution is 6.03. The molecule has 2 N–H and O–H groups in total. The molecule has 2 amide bonds. The molecule has 1 heterocycles. The molecule has 0 aromatic heterocycles. The van der Waals surface area contributed by atoms with Crippen LogP contribution in [0, 0.1) is 5.92 Å². The third kappa shape index (κ3) is 2.01. The van der Waals surface area contributed by atoms with Gasteiger partial charge in [0.25, 0.3) is 0 Å². The van der Waals surface area contributed by atoms with Crippen LogP contribution in [0.25, 0.3) is 0 Å². The molecule has 62 valence electrons. The molecule has 1 aliphatic rings. The molecule has 1 fully saturated rings. The molecule has 1 rings (SSSR count). The molecule has 0 aromatic carbocycles. The largest absolute Gasteiger partial charge is 0.393 e. The SMILES string of the molecule is CC(O)CC1CC(=O)NC1=O. The van der Waals surface area contributed by atoms with Crippen molar-refractivity contribution in [3.05, 3.63) is 0 Å². The minimum absolute atomic E-state index is 0.226. The van der Waals surface area contributed by atoms with Crippen LogP contribution in [-0.2, 0) is 9.59 Å². The van der Waals surface area contributed by atoms with Crippen LogP contribution in [-0.4, -0.2) is 23.0 Å². The van der Waals surface area contributed by atoms with E-state index in [1.54, 1.807) is 6.92 Å². The average molecular weight is 157 g/mol. The summed E-state index contributed by atoms with van der Waals surface area (Å²) in [6, 6.07) is 0. The molecule has 4 heteroatoms. The molecule has 0 bridgehead atoms. The van der Waals surface area contributed by atoms with Gasteiger partial charge >= 0.3 is 0 Å². The normalized spacial score (nSPS) is 26.9. The van der Waals surface area contributed by atoms with E-state index in [0.29, 0.717) is 6.42 Å². The van der Waals surface area contributed by atoms with E-state index < -0.39 is 6.10 Å². The van der Waals surface area contributed by atoms with Gasteiger partial charge in [0, 0.05) is 12.3 Å². The Morgan fingerprint density at radius 1 is 1.73 bits per heavy atom. The van der Waals surface area contributed by atoms with Gasteiger partial charge in [-0.05, 0) is 13.3 Å². The van der Waals surface area contributed by atoms with Gasteiger partial charge in [0.05, 0.1) is 6.10 Å². The second kappa shape index (κ2) is 3.00. The fourth-order valence-corrected chi connectivity index (χ4v) is 1.21. The van der Waals surface area contributed by atoms with E-state index in [4.69, 9.17) is 5.11 Å². The van der Waals surface area contributed by atoms with Crippen molar-refractivity contribution < 1.29 is 14.7 Å². The van der Waals surface area contributed by atoms with E-state index in [0.717, 1.165) is 0 Å². The summed E-state index contributed by atoms with van der Waals surface area (Å²) in [4.78, 5) is 21.5. The third-order valence-electron chi connectivity index (χ3n) is 1.69. The van der Waals surface area contributed by atoms with Gasteiger partial charge in [-0.15, -0.1) is 0 Å². The fourth-order valence-electron chi connectivity index (χ4n) is 1.21. The number of amides is 2. The number of aliphatic hydroxyl groups excluding tert-OH is 1. The van der Waals surface area contributed by atoms with Crippen LogP contribution in [0.4, 0.5) is 0 Å². The Labute approximate surface area is 64.6 Å². The first-order chi connectivity index (χ1) is 5.09. The van der Waals surface area contributed by atoms with E-state index in [2.05, 4.69) is 5.32 Å². The van der Waals surface area contributed by atoms with Crippen molar-refractivity contribution in [1.82, 2.24) is 5.32 Å². The quantitative estimate of drug-likeness (QED) is 0.527. The van der Waals surface area contributed by atoms with E-state index in [9.17, 15) is 9.59 Å². The number of rotatable bonds is 2. The summed E-state index contributed by atoms with van der Waals surface area (Å²) in [6.07, 6.45) is 0.0815. The number of aliphatic hydroxyl groups is 1. The number of nitrogens with one attached hydrogen (secondary N) is 1. The molecule has 0 aromatic rings. The van der Waals surface area contributed by atoms with Gasteiger partial charge in [-0.3, -0.25) is 14.9 Å². The Kier molecular flexibility index (Phi) is 2.24. The van der Waals surface area contributed by atoms with Gasteiger partial charge in [-0.2, -0.15) is 0 Å². The second-order valence-electron chi connectivity index (χ2n) is 2.90. The van der Waals surface area contributed by atoms with Crippen LogP contribution in [0.15, 0.2) is 0 Å². The topological polar surface area (TPSA) is 66.4 Å². The van der Waals surface area contributed by atoms with Crippen LogP contribution in [0.1, 0.15) is 19.8 Å². The van der Waals surface area contributed by atoms with Crippen molar-refractivity contribution in [2.75, 3.05) is 0 Å². The number of hydrogen-bond acceptors (Lipinski definition) is 3. The molecule has 0 radical (unpaired) electrons. The van der Waals surface area contributed by atoms with E-state index >= 15 is 0 Å². The molecule has 0 spiro atoms. The monoisotopic (exact) mass is 157 g/mol. The highest BCUT2D eigenvalue weighted by atomic mass is 16.3. The van der Waals surface area contributed by atoms with Gasteiger partial charge < -0.3 is 5.11 Å². The summed E-state index contributed by atoms with van der Waals surface area (Å²) in [5.41, 5.74) is 0. The number of carbonyl (C=O) groups excluding carboxylic acids is 2. The Morgan fingerprint density at radius 3 is 2.73 bits per heavy atom. The fraction of sp³-hybridized carbons (Fsp3) is 0.714. The number of hydrogen-bond donors (Lipinski definition) is 2. The van der Waals surface area contributed by atoms with Crippen LogP contribution in [0.5, 0.6) is 0 Å². The summed E-state index contributed by atoms with van der Waals surface area (Å²) in [5, 5.41) is 11.1. The summed E-state index contributed by atoms with van der Waals surface area (Å²) < 4.78 is 0. The van der Waals surface area contributed by atoms with Crippen LogP contribution in [0.2, 0.25) is 0 Å². The maximum atomic E-state index is 10.9. The molecule has 1 saturated heterocycles. The summed E-state index contributed by atoms with van der Waals surface area (Å²) in [7, 11) is 0. The van der Waals surface area contributed by atoms with E-state index in [1.165, 1.54) is 0 Å². The van der Waals surface area contributed by atoms with Gasteiger partial charge in [-0.25, -0.2) is 0 Å². The van der Waals surface area contributed by atoms with Gasteiger partial charge in [-0.1, -0.05) is 0 Å². The van der Waals surface area contributed by atoms with Crippen molar-refractivity contribution in [3.63, 3.8) is 0 Å². The standard InChI is InChI=1S/C7H11NO3/c1-4(9)2-5-3-6(10)8-7(5)11/h4-5,9H,2-3H2,1H3,(H,8,10,11). The molecule has 1 aliphatic heterocycles. The Hall–Kier alpha value is -0.900. The van der Waals surface area contributed by atoms with Crippen molar-refractivity contribution in [1.29, 1.82) is 0 Å². The van der Waals surface area contributed by atoms with Gasteiger partial charge in [0.2, 0.25) is 11.8 Å². The zero-order valence-electron chi connectivity index (χ0n) is 6.33. The summed E-state index contributed by atoms with van der Waals surface area (Å²) >= 11 is 0. The zero-order valence-corrected chi connectivity index (χ0v) is 6.33. The molecule has 4 nitrogen and oxygen atoms in total. The minimum Gasteiger partial charge on any atom is -0.393 e. The maximum Gasteiger partial charge on any atom is 0.230 e. The van der Waals surface area contributed by atoms with Gasteiger partial charge in [0.15, 0.2) is 0 Å². The summed E-state index contributed by atoms with van der Waals surface area (Å²) in [5.74, 6) is -0.806. The Balaban J connectivity index is 2.47. The van der Waals surface area contributed by atoms with Crippen molar-refractivity contribution >= 4 is 11.8 Å². The lowest BCUT2D eigenvalue weighted by molar-refractivity contribution is -0.126. The lowest BCUT2D eigenvalue weighted by Crippen LogP contribution is -2.23. The number of carbonyl (C=O) groups is 2. The first-order valence-electron chi connectivity index (χ1n) is 3.61. The molecular formula is C7H11NO3. The molecule has 0 saturated carbocycles. The van der Waals surface area contributed by atoms with Crippen LogP contribution >= 0.6 is 0 Å². The van der Waals surface area contributed by atoms with E-state index in [-0.39, 0.29) is 24.2 Å². The average Bonchev–Trinajstić information content (AvgIpc) is 2.09. The highest BCUT2D eigenvalue weighted by Gasteiger charge is 2.30. The maximum absolute atomic E-state index is 10.9. The Morgan fingerprint density at radius 2 is 2.36 bits per heavy atom. The van der Waals surface area contributed by atoms with Crippen molar-refractivity contribution in [3.8, 4) is 0 Å². The zero-order chi connectivity index (χ0) is 8.43. The smallest absolute Gasteiger partial charge is 0.230 e. The predicted molar refractivity (Wildman–Crippen MR) is 37.6 cm³/mol. The molecule has 2 atom stereocenters. The summed E-state index contributed by atoms with van der Waals surface area (Å²) in [6.45, 7) is 1.61. The van der Waals surface area contributed by atoms with Gasteiger partial charge in [0.1, 0.15) is 0 Å². The highest BCUT2D eigenvalue weighted by Crippen LogP contribution is 2.16. The van der Waals surface area contributed by atoms with Crippen molar-refractivity contribution in [2.45, 2.75) is 25.9 Å². The van der Waals surface area contributed by atoms with E-state index in [1.807, 2.05) is 0 Å². The molecule has 0 aliphatic carbocycles. The molecular weight excluding hydrogens is 146 g/mol. The third-order valence-corrected chi connectivity index (χ3v) is 1.69. The molecule has 11 heavy (non-hydrogen) atoms. The first-order valence-corrected chi connectivity index (χ1v) is 3.61. The minimum atomic E-state index is -0.517. The predicted octanol–water partition coefficient (Wildman–Crippen LogP) is -0.580.